The number of nitro groups is 1. The fourth-order valence-corrected chi connectivity index (χ4v) is 1.95. The van der Waals surface area contributed by atoms with Crippen molar-refractivity contribution in [1.29, 1.82) is 0 Å². The van der Waals surface area contributed by atoms with E-state index in [1.807, 2.05) is 25.1 Å². The Hall–Kier alpha value is -2.21. The molecule has 0 aliphatic rings. The monoisotopic (exact) mass is 295 g/mol. The molecule has 6 nitrogen and oxygen atoms in total. The molecule has 0 fully saturated rings. The Labute approximate surface area is 121 Å². The molecule has 0 spiro atoms. The summed E-state index contributed by atoms with van der Waals surface area (Å²) in [5.74, 6) is 0.224. The average molecular weight is 296 g/mol. The quantitative estimate of drug-likeness (QED) is 0.675. The van der Waals surface area contributed by atoms with Gasteiger partial charge in [0.1, 0.15) is 10.7 Å². The van der Waals surface area contributed by atoms with E-state index in [1.165, 1.54) is 6.07 Å². The van der Waals surface area contributed by atoms with Gasteiger partial charge in [0, 0.05) is 19.1 Å². The second-order valence-electron chi connectivity index (χ2n) is 4.41. The Morgan fingerprint density at radius 1 is 1.35 bits per heavy atom. The van der Waals surface area contributed by atoms with Crippen LogP contribution in [-0.2, 0) is 6.54 Å². The van der Waals surface area contributed by atoms with Crippen LogP contribution in [0.2, 0.25) is 5.02 Å². The normalized spacial score (nSPS) is 10.3. The Balaban J connectivity index is 2.13. The Kier molecular flexibility index (Phi) is 4.14. The number of anilines is 2. The van der Waals surface area contributed by atoms with Crippen molar-refractivity contribution in [2.75, 3.05) is 24.3 Å². The topological polar surface area (TPSA) is 71.5 Å². The van der Waals surface area contributed by atoms with E-state index in [9.17, 15) is 10.1 Å². The largest absolute Gasteiger partial charge is 0.433 e. The third-order valence-electron chi connectivity index (χ3n) is 2.72. The molecule has 2 rings (SSSR count). The van der Waals surface area contributed by atoms with Gasteiger partial charge in [-0.25, -0.2) is 0 Å². The summed E-state index contributed by atoms with van der Waals surface area (Å²) < 4.78 is 5.09. The second kappa shape index (κ2) is 5.83. The van der Waals surface area contributed by atoms with Crippen LogP contribution in [0.25, 0.3) is 0 Å². The van der Waals surface area contributed by atoms with Gasteiger partial charge in [-0.3, -0.25) is 10.1 Å². The average Bonchev–Trinajstić information content (AvgIpc) is 2.85. The zero-order chi connectivity index (χ0) is 14.7. The zero-order valence-corrected chi connectivity index (χ0v) is 11.8. The number of nitrogens with zero attached hydrogens (tertiary/aromatic N) is 2. The number of furan rings is 1. The van der Waals surface area contributed by atoms with Crippen LogP contribution in [-0.4, -0.2) is 19.0 Å². The number of rotatable bonds is 5. The fraction of sp³-hybridized carbons (Fsp3) is 0.231. The molecule has 0 saturated carbocycles. The fourth-order valence-electron chi connectivity index (χ4n) is 1.78. The summed E-state index contributed by atoms with van der Waals surface area (Å²) in [5, 5.41) is 14.3. The van der Waals surface area contributed by atoms with E-state index in [1.54, 1.807) is 18.2 Å². The first-order valence-electron chi connectivity index (χ1n) is 5.91. The van der Waals surface area contributed by atoms with Crippen molar-refractivity contribution in [1.82, 2.24) is 0 Å². The predicted molar refractivity (Wildman–Crippen MR) is 78.5 cm³/mol. The van der Waals surface area contributed by atoms with Crippen molar-refractivity contribution in [3.05, 3.63) is 51.2 Å². The molecule has 0 atom stereocenters. The van der Waals surface area contributed by atoms with Crippen LogP contribution in [0.15, 0.2) is 34.7 Å². The number of hydrogen-bond acceptors (Lipinski definition) is 5. The molecule has 0 amide bonds. The maximum Gasteiger partial charge on any atom is 0.433 e. The first-order chi connectivity index (χ1) is 9.47. The Bertz CT molecular complexity index is 625. The van der Waals surface area contributed by atoms with Crippen LogP contribution in [0.5, 0.6) is 0 Å². The van der Waals surface area contributed by atoms with Crippen molar-refractivity contribution in [3.8, 4) is 0 Å². The molecule has 20 heavy (non-hydrogen) atoms. The van der Waals surface area contributed by atoms with E-state index in [0.717, 1.165) is 11.4 Å². The molecule has 1 aromatic heterocycles. The molecule has 0 aliphatic heterocycles. The SMILES string of the molecule is CN(C)c1ccc(Cl)cc1NCc1ccc([N+](=O)[O-])o1. The van der Waals surface area contributed by atoms with E-state index in [4.69, 9.17) is 16.0 Å². The summed E-state index contributed by atoms with van der Waals surface area (Å²) in [6.45, 7) is 0.342. The highest BCUT2D eigenvalue weighted by molar-refractivity contribution is 6.31. The summed E-state index contributed by atoms with van der Waals surface area (Å²) in [6.07, 6.45) is 0. The minimum Gasteiger partial charge on any atom is -0.404 e. The van der Waals surface area contributed by atoms with Gasteiger partial charge in [-0.1, -0.05) is 11.6 Å². The molecule has 106 valence electrons. The third-order valence-corrected chi connectivity index (χ3v) is 2.96. The van der Waals surface area contributed by atoms with Gasteiger partial charge in [-0.2, -0.15) is 0 Å². The molecule has 0 radical (unpaired) electrons. The molecular formula is C13H14ClN3O3. The molecule has 0 bridgehead atoms. The van der Waals surface area contributed by atoms with Gasteiger partial charge in [-0.05, 0) is 24.3 Å². The Morgan fingerprint density at radius 3 is 2.70 bits per heavy atom. The molecule has 1 aromatic carbocycles. The summed E-state index contributed by atoms with van der Waals surface area (Å²) in [5.41, 5.74) is 1.80. The standard InChI is InChI=1S/C13H14ClN3O3/c1-16(2)12-5-3-9(14)7-11(12)15-8-10-4-6-13(20-10)17(18)19/h3-7,15H,8H2,1-2H3. The number of halogens is 1. The first-order valence-corrected chi connectivity index (χ1v) is 6.29. The smallest absolute Gasteiger partial charge is 0.404 e. The highest BCUT2D eigenvalue weighted by Crippen LogP contribution is 2.28. The maximum absolute atomic E-state index is 10.5. The van der Waals surface area contributed by atoms with Crippen LogP contribution in [0, 0.1) is 10.1 Å². The van der Waals surface area contributed by atoms with Crippen LogP contribution in [0.3, 0.4) is 0 Å². The highest BCUT2D eigenvalue weighted by atomic mass is 35.5. The van der Waals surface area contributed by atoms with Gasteiger partial charge >= 0.3 is 5.88 Å². The van der Waals surface area contributed by atoms with E-state index >= 15 is 0 Å². The number of benzene rings is 1. The number of hydrogen-bond donors (Lipinski definition) is 1. The third kappa shape index (κ3) is 3.21. The maximum atomic E-state index is 10.5. The molecule has 0 saturated heterocycles. The van der Waals surface area contributed by atoms with Crippen LogP contribution >= 0.6 is 11.6 Å². The van der Waals surface area contributed by atoms with Gasteiger partial charge in [0.05, 0.1) is 24.0 Å². The zero-order valence-electron chi connectivity index (χ0n) is 11.1. The molecule has 2 aromatic rings. The molecule has 0 aliphatic carbocycles. The molecule has 1 N–H and O–H groups in total. The van der Waals surface area contributed by atoms with Crippen LogP contribution in [0.1, 0.15) is 5.76 Å². The van der Waals surface area contributed by atoms with Crippen molar-refractivity contribution >= 4 is 28.9 Å². The lowest BCUT2D eigenvalue weighted by Gasteiger charge is -2.18. The summed E-state index contributed by atoms with van der Waals surface area (Å²) in [6, 6.07) is 8.41. The summed E-state index contributed by atoms with van der Waals surface area (Å²) in [7, 11) is 3.85. The minimum absolute atomic E-state index is 0.263. The summed E-state index contributed by atoms with van der Waals surface area (Å²) in [4.78, 5) is 11.9. The second-order valence-corrected chi connectivity index (χ2v) is 4.84. The van der Waals surface area contributed by atoms with Gasteiger partial charge in [0.15, 0.2) is 0 Å². The van der Waals surface area contributed by atoms with Crippen molar-refractivity contribution in [2.24, 2.45) is 0 Å². The van der Waals surface area contributed by atoms with Gasteiger partial charge in [0.25, 0.3) is 0 Å². The lowest BCUT2D eigenvalue weighted by atomic mass is 10.2. The van der Waals surface area contributed by atoms with E-state index in [2.05, 4.69) is 5.32 Å². The van der Waals surface area contributed by atoms with Gasteiger partial charge < -0.3 is 14.6 Å². The predicted octanol–water partition coefficient (Wildman–Crippen LogP) is 3.52. The molecule has 7 heteroatoms. The van der Waals surface area contributed by atoms with Crippen LogP contribution in [0.4, 0.5) is 17.3 Å². The van der Waals surface area contributed by atoms with Gasteiger partial charge in [0.2, 0.25) is 0 Å². The van der Waals surface area contributed by atoms with Crippen molar-refractivity contribution in [2.45, 2.75) is 6.54 Å². The molecule has 1 heterocycles. The van der Waals surface area contributed by atoms with Crippen molar-refractivity contribution < 1.29 is 9.34 Å². The first kappa shape index (κ1) is 14.2. The van der Waals surface area contributed by atoms with E-state index in [0.29, 0.717) is 17.3 Å². The molecule has 0 unspecified atom stereocenters. The van der Waals surface area contributed by atoms with Gasteiger partial charge in [-0.15, -0.1) is 0 Å². The van der Waals surface area contributed by atoms with Crippen LogP contribution < -0.4 is 10.2 Å². The summed E-state index contributed by atoms with van der Waals surface area (Å²) >= 11 is 5.98. The Morgan fingerprint density at radius 2 is 2.10 bits per heavy atom. The minimum atomic E-state index is -0.561. The lowest BCUT2D eigenvalue weighted by Crippen LogP contribution is -2.12. The highest BCUT2D eigenvalue weighted by Gasteiger charge is 2.12. The van der Waals surface area contributed by atoms with E-state index < -0.39 is 4.92 Å². The van der Waals surface area contributed by atoms with E-state index in [-0.39, 0.29) is 5.88 Å². The van der Waals surface area contributed by atoms with Crippen molar-refractivity contribution in [3.63, 3.8) is 0 Å². The molecular weight excluding hydrogens is 282 g/mol. The number of nitrogens with one attached hydrogen (secondary N) is 1. The lowest BCUT2D eigenvalue weighted by molar-refractivity contribution is -0.402.